The first-order chi connectivity index (χ1) is 14.0. The highest BCUT2D eigenvalue weighted by molar-refractivity contribution is 7.99. The van der Waals surface area contributed by atoms with Crippen molar-refractivity contribution in [1.29, 1.82) is 0 Å². The molecule has 152 valence electrons. The predicted molar refractivity (Wildman–Crippen MR) is 117 cm³/mol. The van der Waals surface area contributed by atoms with E-state index in [0.29, 0.717) is 29.0 Å². The van der Waals surface area contributed by atoms with Crippen molar-refractivity contribution in [2.24, 2.45) is 0 Å². The molecule has 0 unspecified atom stereocenters. The van der Waals surface area contributed by atoms with Crippen molar-refractivity contribution in [3.8, 4) is 5.75 Å². The molecule has 0 radical (unpaired) electrons. The third-order valence-corrected chi connectivity index (χ3v) is 5.66. The number of thioether (sulfide) groups is 1. The number of hydrogen-bond donors (Lipinski definition) is 1. The zero-order chi connectivity index (χ0) is 20.8. The number of carbonyl (C=O) groups is 1. The van der Waals surface area contributed by atoms with Crippen molar-refractivity contribution >= 4 is 35.0 Å². The number of anilines is 1. The molecule has 1 aromatic heterocycles. The number of carbonyl (C=O) groups excluding carboxylic acids is 1. The minimum absolute atomic E-state index is 0.129. The molecule has 0 fully saturated rings. The standard InChI is InChI=1S/C21H23ClN4O2S/c1-4-26-19(12-28-18-10-5-7-14(2)15(18)3)24-25-21(26)29-13-20(27)23-17-9-6-8-16(22)11-17/h5-11H,4,12-13H2,1-3H3,(H,23,27). The molecule has 0 bridgehead atoms. The maximum absolute atomic E-state index is 12.2. The van der Waals surface area contributed by atoms with E-state index >= 15 is 0 Å². The molecule has 0 aliphatic carbocycles. The average Bonchev–Trinajstić information content (AvgIpc) is 3.09. The zero-order valence-electron chi connectivity index (χ0n) is 16.6. The molecule has 2 aromatic carbocycles. The highest BCUT2D eigenvalue weighted by atomic mass is 35.5. The second kappa shape index (κ2) is 9.80. The molecule has 1 heterocycles. The number of benzene rings is 2. The first-order valence-electron chi connectivity index (χ1n) is 9.27. The monoisotopic (exact) mass is 430 g/mol. The van der Waals surface area contributed by atoms with Crippen LogP contribution in [-0.4, -0.2) is 26.4 Å². The highest BCUT2D eigenvalue weighted by Gasteiger charge is 2.14. The van der Waals surface area contributed by atoms with Crippen LogP contribution in [0.4, 0.5) is 5.69 Å². The van der Waals surface area contributed by atoms with Gasteiger partial charge in [0.1, 0.15) is 12.4 Å². The van der Waals surface area contributed by atoms with E-state index in [1.54, 1.807) is 24.3 Å². The quantitative estimate of drug-likeness (QED) is 0.516. The molecule has 1 N–H and O–H groups in total. The smallest absolute Gasteiger partial charge is 0.234 e. The Labute approximate surface area is 179 Å². The lowest BCUT2D eigenvalue weighted by molar-refractivity contribution is -0.113. The summed E-state index contributed by atoms with van der Waals surface area (Å²) in [6, 6.07) is 13.0. The number of halogens is 1. The van der Waals surface area contributed by atoms with Crippen LogP contribution in [0, 0.1) is 13.8 Å². The number of hydrogen-bond acceptors (Lipinski definition) is 5. The molecule has 0 aliphatic heterocycles. The van der Waals surface area contributed by atoms with Gasteiger partial charge in [0.25, 0.3) is 0 Å². The van der Waals surface area contributed by atoms with E-state index in [-0.39, 0.29) is 11.7 Å². The Balaban J connectivity index is 1.60. The summed E-state index contributed by atoms with van der Waals surface area (Å²) in [5, 5.41) is 12.6. The van der Waals surface area contributed by atoms with Crippen LogP contribution in [0.1, 0.15) is 23.9 Å². The third kappa shape index (κ3) is 5.52. The largest absolute Gasteiger partial charge is 0.485 e. The van der Waals surface area contributed by atoms with Crippen molar-refractivity contribution in [1.82, 2.24) is 14.8 Å². The molecule has 6 nitrogen and oxygen atoms in total. The molecule has 1 amide bonds. The van der Waals surface area contributed by atoms with Gasteiger partial charge in [0, 0.05) is 17.3 Å². The topological polar surface area (TPSA) is 69.0 Å². The summed E-state index contributed by atoms with van der Waals surface area (Å²) in [4.78, 5) is 12.2. The fourth-order valence-corrected chi connectivity index (χ4v) is 3.78. The van der Waals surface area contributed by atoms with Crippen LogP contribution in [0.2, 0.25) is 5.02 Å². The van der Waals surface area contributed by atoms with Crippen molar-refractivity contribution in [2.45, 2.75) is 39.1 Å². The third-order valence-electron chi connectivity index (χ3n) is 4.46. The summed E-state index contributed by atoms with van der Waals surface area (Å²) in [6.45, 7) is 7.12. The fourth-order valence-electron chi connectivity index (χ4n) is 2.77. The number of ether oxygens (including phenoxy) is 1. The summed E-state index contributed by atoms with van der Waals surface area (Å²) in [7, 11) is 0. The zero-order valence-corrected chi connectivity index (χ0v) is 18.2. The maximum Gasteiger partial charge on any atom is 0.234 e. The van der Waals surface area contributed by atoms with Crippen LogP contribution in [0.25, 0.3) is 0 Å². The van der Waals surface area contributed by atoms with Crippen molar-refractivity contribution in [3.05, 3.63) is 64.4 Å². The van der Waals surface area contributed by atoms with Crippen molar-refractivity contribution in [3.63, 3.8) is 0 Å². The van der Waals surface area contributed by atoms with Gasteiger partial charge in [-0.1, -0.05) is 41.6 Å². The Bertz CT molecular complexity index is 1010. The molecule has 8 heteroatoms. The maximum atomic E-state index is 12.2. The van der Waals surface area contributed by atoms with Crippen LogP contribution in [-0.2, 0) is 17.9 Å². The van der Waals surface area contributed by atoms with Crippen LogP contribution < -0.4 is 10.1 Å². The van der Waals surface area contributed by atoms with Gasteiger partial charge in [-0.2, -0.15) is 0 Å². The Kier molecular flexibility index (Phi) is 7.17. The van der Waals surface area contributed by atoms with E-state index < -0.39 is 0 Å². The van der Waals surface area contributed by atoms with E-state index in [1.807, 2.05) is 30.5 Å². The summed E-state index contributed by atoms with van der Waals surface area (Å²) in [6.07, 6.45) is 0. The number of amides is 1. The lowest BCUT2D eigenvalue weighted by Crippen LogP contribution is -2.15. The van der Waals surface area contributed by atoms with E-state index in [0.717, 1.165) is 17.1 Å². The van der Waals surface area contributed by atoms with E-state index in [4.69, 9.17) is 16.3 Å². The van der Waals surface area contributed by atoms with Crippen LogP contribution in [0.15, 0.2) is 47.6 Å². The van der Waals surface area contributed by atoms with Gasteiger partial charge in [0.15, 0.2) is 11.0 Å². The van der Waals surface area contributed by atoms with Crippen LogP contribution in [0.3, 0.4) is 0 Å². The number of aromatic nitrogens is 3. The van der Waals surface area contributed by atoms with E-state index in [1.165, 1.54) is 17.3 Å². The number of nitrogens with one attached hydrogen (secondary N) is 1. The van der Waals surface area contributed by atoms with Gasteiger partial charge in [-0.15, -0.1) is 10.2 Å². The first-order valence-corrected chi connectivity index (χ1v) is 10.6. The van der Waals surface area contributed by atoms with Gasteiger partial charge in [0.2, 0.25) is 5.91 Å². The molecule has 29 heavy (non-hydrogen) atoms. The first kappa shape index (κ1) is 21.2. The lowest BCUT2D eigenvalue weighted by Gasteiger charge is -2.11. The second-order valence-corrected chi connectivity index (χ2v) is 7.86. The Morgan fingerprint density at radius 1 is 1.21 bits per heavy atom. The molecule has 0 aliphatic rings. The summed E-state index contributed by atoms with van der Waals surface area (Å²) in [5.74, 6) is 1.66. The number of aryl methyl sites for hydroxylation is 1. The average molecular weight is 431 g/mol. The minimum Gasteiger partial charge on any atom is -0.485 e. The van der Waals surface area contributed by atoms with Gasteiger partial charge >= 0.3 is 0 Å². The van der Waals surface area contributed by atoms with Gasteiger partial charge in [0.05, 0.1) is 5.75 Å². The molecule has 3 rings (SSSR count). The Morgan fingerprint density at radius 2 is 2.00 bits per heavy atom. The number of nitrogens with zero attached hydrogens (tertiary/aromatic N) is 3. The van der Waals surface area contributed by atoms with Gasteiger partial charge in [-0.25, -0.2) is 0 Å². The number of rotatable bonds is 8. The minimum atomic E-state index is -0.129. The molecular formula is C21H23ClN4O2S. The summed E-state index contributed by atoms with van der Waals surface area (Å²) < 4.78 is 7.91. The molecule has 0 saturated heterocycles. The second-order valence-electron chi connectivity index (χ2n) is 6.48. The molecule has 0 saturated carbocycles. The van der Waals surface area contributed by atoms with Gasteiger partial charge < -0.3 is 14.6 Å². The molecule has 3 aromatic rings. The van der Waals surface area contributed by atoms with Crippen LogP contribution in [0.5, 0.6) is 5.75 Å². The molecule has 0 spiro atoms. The summed E-state index contributed by atoms with van der Waals surface area (Å²) in [5.41, 5.74) is 2.96. The van der Waals surface area contributed by atoms with Crippen LogP contribution >= 0.6 is 23.4 Å². The van der Waals surface area contributed by atoms with Gasteiger partial charge in [-0.3, -0.25) is 4.79 Å². The Morgan fingerprint density at radius 3 is 2.76 bits per heavy atom. The Hall–Kier alpha value is -2.51. The van der Waals surface area contributed by atoms with Gasteiger partial charge in [-0.05, 0) is 56.2 Å². The van der Waals surface area contributed by atoms with E-state index in [2.05, 4.69) is 28.5 Å². The lowest BCUT2D eigenvalue weighted by atomic mass is 10.1. The fraction of sp³-hybridized carbons (Fsp3) is 0.286. The highest BCUT2D eigenvalue weighted by Crippen LogP contribution is 2.23. The predicted octanol–water partition coefficient (Wildman–Crippen LogP) is 4.88. The SMILES string of the molecule is CCn1c(COc2cccc(C)c2C)nnc1SCC(=O)Nc1cccc(Cl)c1. The van der Waals surface area contributed by atoms with Crippen molar-refractivity contribution < 1.29 is 9.53 Å². The van der Waals surface area contributed by atoms with Crippen molar-refractivity contribution in [2.75, 3.05) is 11.1 Å². The van der Waals surface area contributed by atoms with E-state index in [9.17, 15) is 4.79 Å². The molecule has 0 atom stereocenters. The summed E-state index contributed by atoms with van der Waals surface area (Å²) >= 11 is 7.29. The molecular weight excluding hydrogens is 408 g/mol. The normalized spacial score (nSPS) is 10.8.